The lowest BCUT2D eigenvalue weighted by molar-refractivity contribution is 0.219. The van der Waals surface area contributed by atoms with Gasteiger partial charge in [-0.2, -0.15) is 0 Å². The predicted octanol–water partition coefficient (Wildman–Crippen LogP) is 2.74. The Bertz CT molecular complexity index is 248. The van der Waals surface area contributed by atoms with Crippen LogP contribution < -0.4 is 10.6 Å². The standard InChI is InChI=1S/C15H31N3O/c1-4-18(13(2)3)12-11-16-15(19)17-14-9-7-5-6-8-10-14/h13-14H,4-12H2,1-3H3,(H2,16,17,19). The van der Waals surface area contributed by atoms with Crippen molar-refractivity contribution in [1.82, 2.24) is 15.5 Å². The van der Waals surface area contributed by atoms with E-state index >= 15 is 0 Å². The van der Waals surface area contributed by atoms with Crippen LogP contribution in [0, 0.1) is 0 Å². The molecule has 2 amide bonds. The monoisotopic (exact) mass is 269 g/mol. The summed E-state index contributed by atoms with van der Waals surface area (Å²) >= 11 is 0. The van der Waals surface area contributed by atoms with Crippen molar-refractivity contribution >= 4 is 6.03 Å². The third-order valence-corrected chi connectivity index (χ3v) is 4.01. The van der Waals surface area contributed by atoms with Crippen LogP contribution in [0.5, 0.6) is 0 Å². The Kier molecular flexibility index (Phi) is 7.87. The highest BCUT2D eigenvalue weighted by Crippen LogP contribution is 2.16. The Morgan fingerprint density at radius 1 is 1.21 bits per heavy atom. The molecule has 0 aromatic rings. The highest BCUT2D eigenvalue weighted by molar-refractivity contribution is 5.74. The number of hydrogen-bond donors (Lipinski definition) is 2. The molecule has 0 saturated heterocycles. The number of likely N-dealkylation sites (N-methyl/N-ethyl adjacent to an activating group) is 1. The van der Waals surface area contributed by atoms with Crippen LogP contribution >= 0.6 is 0 Å². The van der Waals surface area contributed by atoms with Crippen LogP contribution in [0.15, 0.2) is 0 Å². The van der Waals surface area contributed by atoms with Crippen LogP contribution in [0.2, 0.25) is 0 Å². The van der Waals surface area contributed by atoms with E-state index < -0.39 is 0 Å². The fourth-order valence-electron chi connectivity index (χ4n) is 2.75. The number of amides is 2. The predicted molar refractivity (Wildman–Crippen MR) is 80.4 cm³/mol. The van der Waals surface area contributed by atoms with E-state index in [1.165, 1.54) is 25.7 Å². The van der Waals surface area contributed by atoms with Crippen LogP contribution in [0.3, 0.4) is 0 Å². The summed E-state index contributed by atoms with van der Waals surface area (Å²) in [5.74, 6) is 0. The molecule has 1 rings (SSSR count). The summed E-state index contributed by atoms with van der Waals surface area (Å²) in [5.41, 5.74) is 0. The summed E-state index contributed by atoms with van der Waals surface area (Å²) in [6, 6.07) is 0.929. The Morgan fingerprint density at radius 3 is 2.37 bits per heavy atom. The number of nitrogens with one attached hydrogen (secondary N) is 2. The molecule has 112 valence electrons. The van der Waals surface area contributed by atoms with Gasteiger partial charge in [0.1, 0.15) is 0 Å². The molecule has 0 atom stereocenters. The van der Waals surface area contributed by atoms with Gasteiger partial charge in [-0.25, -0.2) is 4.79 Å². The Balaban J connectivity index is 2.16. The average molecular weight is 269 g/mol. The van der Waals surface area contributed by atoms with E-state index in [-0.39, 0.29) is 6.03 Å². The minimum absolute atomic E-state index is 0.00621. The number of rotatable bonds is 6. The first-order chi connectivity index (χ1) is 9.13. The molecule has 2 N–H and O–H groups in total. The zero-order chi connectivity index (χ0) is 14.1. The zero-order valence-corrected chi connectivity index (χ0v) is 12.9. The van der Waals surface area contributed by atoms with E-state index in [1.54, 1.807) is 0 Å². The van der Waals surface area contributed by atoms with Crippen LogP contribution in [-0.2, 0) is 0 Å². The quantitative estimate of drug-likeness (QED) is 0.728. The topological polar surface area (TPSA) is 44.4 Å². The molecule has 1 saturated carbocycles. The SMILES string of the molecule is CCN(CCNC(=O)NC1CCCCCC1)C(C)C. The molecule has 0 aromatic heterocycles. The fourth-order valence-corrected chi connectivity index (χ4v) is 2.75. The molecule has 19 heavy (non-hydrogen) atoms. The fraction of sp³-hybridized carbons (Fsp3) is 0.933. The van der Waals surface area contributed by atoms with Gasteiger partial charge in [-0.05, 0) is 33.2 Å². The van der Waals surface area contributed by atoms with E-state index in [9.17, 15) is 4.79 Å². The highest BCUT2D eigenvalue weighted by Gasteiger charge is 2.14. The van der Waals surface area contributed by atoms with Crippen molar-refractivity contribution < 1.29 is 4.79 Å². The van der Waals surface area contributed by atoms with Crippen LogP contribution in [-0.4, -0.2) is 42.6 Å². The van der Waals surface area contributed by atoms with E-state index in [1.807, 2.05) is 0 Å². The van der Waals surface area contributed by atoms with Crippen molar-refractivity contribution in [2.75, 3.05) is 19.6 Å². The van der Waals surface area contributed by atoms with Gasteiger partial charge in [0.15, 0.2) is 0 Å². The van der Waals surface area contributed by atoms with E-state index in [4.69, 9.17) is 0 Å². The second kappa shape index (κ2) is 9.18. The number of carbonyl (C=O) groups excluding carboxylic acids is 1. The maximum atomic E-state index is 11.8. The second-order valence-corrected chi connectivity index (χ2v) is 5.81. The van der Waals surface area contributed by atoms with Crippen molar-refractivity contribution in [2.24, 2.45) is 0 Å². The van der Waals surface area contributed by atoms with E-state index in [0.717, 1.165) is 32.5 Å². The van der Waals surface area contributed by atoms with Crippen molar-refractivity contribution in [1.29, 1.82) is 0 Å². The average Bonchev–Trinajstić information content (AvgIpc) is 2.62. The lowest BCUT2D eigenvalue weighted by atomic mass is 10.1. The lowest BCUT2D eigenvalue weighted by Crippen LogP contribution is -2.45. The minimum atomic E-state index is 0.00621. The first-order valence-electron chi connectivity index (χ1n) is 7.92. The summed E-state index contributed by atoms with van der Waals surface area (Å²) in [7, 11) is 0. The molecule has 1 fully saturated rings. The maximum Gasteiger partial charge on any atom is 0.315 e. The van der Waals surface area contributed by atoms with Crippen molar-refractivity contribution in [3.05, 3.63) is 0 Å². The molecule has 0 spiro atoms. The number of nitrogens with zero attached hydrogens (tertiary/aromatic N) is 1. The molecule has 4 nitrogen and oxygen atoms in total. The molecule has 1 aliphatic rings. The molecular formula is C15H31N3O. The highest BCUT2D eigenvalue weighted by atomic mass is 16.2. The lowest BCUT2D eigenvalue weighted by Gasteiger charge is -2.25. The summed E-state index contributed by atoms with van der Waals surface area (Å²) in [5, 5.41) is 6.09. The summed E-state index contributed by atoms with van der Waals surface area (Å²) in [6.07, 6.45) is 7.42. The smallest absolute Gasteiger partial charge is 0.315 e. The molecule has 0 heterocycles. The number of hydrogen-bond acceptors (Lipinski definition) is 2. The van der Waals surface area contributed by atoms with Gasteiger partial charge in [-0.1, -0.05) is 32.6 Å². The first kappa shape index (κ1) is 16.3. The first-order valence-corrected chi connectivity index (χ1v) is 7.92. The molecule has 0 bridgehead atoms. The van der Waals surface area contributed by atoms with Gasteiger partial charge in [0, 0.05) is 25.2 Å². The zero-order valence-electron chi connectivity index (χ0n) is 12.9. The van der Waals surface area contributed by atoms with Gasteiger partial charge < -0.3 is 10.6 Å². The van der Waals surface area contributed by atoms with Crippen LogP contribution in [0.4, 0.5) is 4.79 Å². The van der Waals surface area contributed by atoms with Gasteiger partial charge in [0.05, 0.1) is 0 Å². The van der Waals surface area contributed by atoms with Crippen molar-refractivity contribution in [3.63, 3.8) is 0 Å². The minimum Gasteiger partial charge on any atom is -0.337 e. The molecule has 0 radical (unpaired) electrons. The van der Waals surface area contributed by atoms with Gasteiger partial charge in [-0.3, -0.25) is 4.90 Å². The molecule has 0 unspecified atom stereocenters. The van der Waals surface area contributed by atoms with Gasteiger partial charge in [-0.15, -0.1) is 0 Å². The Morgan fingerprint density at radius 2 is 1.84 bits per heavy atom. The molecule has 0 aromatic carbocycles. The van der Waals surface area contributed by atoms with Crippen LogP contribution in [0.25, 0.3) is 0 Å². The second-order valence-electron chi connectivity index (χ2n) is 5.81. The van der Waals surface area contributed by atoms with Crippen molar-refractivity contribution in [2.45, 2.75) is 71.4 Å². The number of carbonyl (C=O) groups is 1. The Labute approximate surface area is 118 Å². The Hall–Kier alpha value is -0.770. The largest absolute Gasteiger partial charge is 0.337 e. The normalized spacial score (nSPS) is 17.5. The molecule has 0 aliphatic heterocycles. The third kappa shape index (κ3) is 6.81. The maximum absolute atomic E-state index is 11.8. The van der Waals surface area contributed by atoms with Crippen molar-refractivity contribution in [3.8, 4) is 0 Å². The summed E-state index contributed by atoms with van der Waals surface area (Å²) < 4.78 is 0. The summed E-state index contributed by atoms with van der Waals surface area (Å²) in [6.45, 7) is 9.22. The third-order valence-electron chi connectivity index (χ3n) is 4.01. The van der Waals surface area contributed by atoms with E-state index in [2.05, 4.69) is 36.3 Å². The molecule has 1 aliphatic carbocycles. The van der Waals surface area contributed by atoms with Gasteiger partial charge >= 0.3 is 6.03 Å². The van der Waals surface area contributed by atoms with Gasteiger partial charge in [0.2, 0.25) is 0 Å². The van der Waals surface area contributed by atoms with E-state index in [0.29, 0.717) is 12.1 Å². The van der Waals surface area contributed by atoms with Gasteiger partial charge in [0.25, 0.3) is 0 Å². The molecule has 4 heteroatoms. The number of urea groups is 1. The summed E-state index contributed by atoms with van der Waals surface area (Å²) in [4.78, 5) is 14.2. The molecular weight excluding hydrogens is 238 g/mol. The van der Waals surface area contributed by atoms with Crippen LogP contribution in [0.1, 0.15) is 59.3 Å².